The van der Waals surface area contributed by atoms with Gasteiger partial charge in [0, 0.05) is 0 Å². The molecule has 0 saturated heterocycles. The van der Waals surface area contributed by atoms with Crippen molar-refractivity contribution in [3.8, 4) is 5.75 Å². The molecule has 92 valence electrons. The van der Waals surface area contributed by atoms with Gasteiger partial charge in [0.1, 0.15) is 0 Å². The first-order valence-corrected chi connectivity index (χ1v) is 6.67. The molecule has 0 aromatic heterocycles. The van der Waals surface area contributed by atoms with Gasteiger partial charge in [0.15, 0.2) is 11.6 Å². The van der Waals surface area contributed by atoms with Crippen molar-refractivity contribution >= 4 is 0 Å². The van der Waals surface area contributed by atoms with E-state index in [0.717, 1.165) is 5.56 Å². The molecule has 17 heavy (non-hydrogen) atoms. The number of rotatable bonds is 4. The van der Waals surface area contributed by atoms with Crippen LogP contribution < -0.4 is 4.74 Å². The maximum Gasteiger partial charge on any atom is 0.168 e. The van der Waals surface area contributed by atoms with E-state index >= 15 is 0 Å². The Morgan fingerprint density at radius 3 is 2.59 bits per heavy atom. The van der Waals surface area contributed by atoms with E-state index in [2.05, 4.69) is 6.07 Å². The van der Waals surface area contributed by atoms with Crippen LogP contribution in [0.2, 0.25) is 0 Å². The Labute approximate surface area is 102 Å². The lowest BCUT2D eigenvalue weighted by Crippen LogP contribution is -2.12. The van der Waals surface area contributed by atoms with Crippen LogP contribution in [0.25, 0.3) is 0 Å². The number of hydrogen-bond acceptors (Lipinski definition) is 1. The molecule has 2 saturated carbocycles. The molecule has 0 bridgehead atoms. The van der Waals surface area contributed by atoms with Gasteiger partial charge in [0.2, 0.25) is 0 Å². The third-order valence-electron chi connectivity index (χ3n) is 4.11. The van der Waals surface area contributed by atoms with Crippen LogP contribution in [-0.2, 0) is 0 Å². The lowest BCUT2D eigenvalue weighted by Gasteiger charge is -2.27. The molecule has 0 radical (unpaired) electrons. The average Bonchev–Trinajstić information content (AvgIpc) is 3.05. The molecule has 1 nitrogen and oxygen atoms in total. The molecule has 1 aromatic rings. The fourth-order valence-electron chi connectivity index (χ4n) is 2.44. The summed E-state index contributed by atoms with van der Waals surface area (Å²) in [6, 6.07) is 3.88. The fraction of sp³-hybridized carbons (Fsp3) is 0.600. The molecule has 0 aliphatic heterocycles. The maximum atomic E-state index is 14.1. The molecule has 3 rings (SSSR count). The predicted molar refractivity (Wildman–Crippen MR) is 65.9 cm³/mol. The van der Waals surface area contributed by atoms with Crippen molar-refractivity contribution in [1.82, 2.24) is 0 Å². The monoisotopic (exact) mass is 234 g/mol. The van der Waals surface area contributed by atoms with Crippen LogP contribution in [0.5, 0.6) is 5.75 Å². The van der Waals surface area contributed by atoms with Crippen LogP contribution in [0.4, 0.5) is 4.39 Å². The number of halogens is 1. The van der Waals surface area contributed by atoms with Gasteiger partial charge in [-0.2, -0.15) is 0 Å². The molecule has 0 spiro atoms. The Bertz CT molecular complexity index is 419. The van der Waals surface area contributed by atoms with E-state index in [1.807, 2.05) is 13.0 Å². The zero-order valence-electron chi connectivity index (χ0n) is 10.3. The Morgan fingerprint density at radius 1 is 1.24 bits per heavy atom. The van der Waals surface area contributed by atoms with Gasteiger partial charge >= 0.3 is 0 Å². The maximum absolute atomic E-state index is 14.1. The van der Waals surface area contributed by atoms with Crippen LogP contribution in [0.1, 0.15) is 49.1 Å². The molecular weight excluding hydrogens is 215 g/mol. The molecule has 0 amide bonds. The third kappa shape index (κ3) is 2.18. The highest BCUT2D eigenvalue weighted by molar-refractivity contribution is 5.39. The van der Waals surface area contributed by atoms with E-state index in [4.69, 9.17) is 4.74 Å². The predicted octanol–water partition coefficient (Wildman–Crippen LogP) is 4.19. The normalized spacial score (nSPS) is 20.1. The van der Waals surface area contributed by atoms with Crippen LogP contribution >= 0.6 is 0 Å². The number of benzene rings is 1. The summed E-state index contributed by atoms with van der Waals surface area (Å²) >= 11 is 0. The fourth-order valence-corrected chi connectivity index (χ4v) is 2.44. The van der Waals surface area contributed by atoms with Crippen LogP contribution in [0.3, 0.4) is 0 Å². The summed E-state index contributed by atoms with van der Waals surface area (Å²) in [5, 5.41) is 0. The first-order chi connectivity index (χ1) is 8.25. The zero-order valence-corrected chi connectivity index (χ0v) is 10.3. The van der Waals surface area contributed by atoms with E-state index in [1.165, 1.54) is 37.7 Å². The van der Waals surface area contributed by atoms with Gasteiger partial charge in [-0.15, -0.1) is 0 Å². The second kappa shape index (κ2) is 4.32. The van der Waals surface area contributed by atoms with Crippen molar-refractivity contribution in [2.75, 3.05) is 6.61 Å². The Morgan fingerprint density at radius 2 is 2.00 bits per heavy atom. The largest absolute Gasteiger partial charge is 0.490 e. The molecule has 0 unspecified atom stereocenters. The minimum Gasteiger partial charge on any atom is -0.490 e. The topological polar surface area (TPSA) is 9.23 Å². The molecule has 0 N–H and O–H groups in total. The van der Waals surface area contributed by atoms with E-state index in [0.29, 0.717) is 24.2 Å². The lowest BCUT2D eigenvalue weighted by molar-refractivity contribution is 0.284. The molecule has 2 aliphatic carbocycles. The van der Waals surface area contributed by atoms with Gasteiger partial charge in [-0.25, -0.2) is 4.39 Å². The Hall–Kier alpha value is -1.05. The van der Waals surface area contributed by atoms with Crippen LogP contribution in [0, 0.1) is 18.7 Å². The zero-order chi connectivity index (χ0) is 11.8. The highest BCUT2D eigenvalue weighted by Crippen LogP contribution is 2.40. The molecule has 2 fully saturated rings. The summed E-state index contributed by atoms with van der Waals surface area (Å²) in [7, 11) is 0. The van der Waals surface area contributed by atoms with Crippen molar-refractivity contribution in [3.63, 3.8) is 0 Å². The number of ether oxygens (including phenoxy) is 1. The Kier molecular flexibility index (Phi) is 2.81. The molecular formula is C15H19FO. The van der Waals surface area contributed by atoms with Crippen molar-refractivity contribution < 1.29 is 9.13 Å². The van der Waals surface area contributed by atoms with Crippen molar-refractivity contribution in [3.05, 3.63) is 29.1 Å². The van der Waals surface area contributed by atoms with Gasteiger partial charge in [-0.3, -0.25) is 0 Å². The first-order valence-electron chi connectivity index (χ1n) is 6.67. The highest BCUT2D eigenvalue weighted by atomic mass is 19.1. The molecule has 1 aromatic carbocycles. The third-order valence-corrected chi connectivity index (χ3v) is 4.11. The van der Waals surface area contributed by atoms with Crippen LogP contribution in [-0.4, -0.2) is 6.61 Å². The summed E-state index contributed by atoms with van der Waals surface area (Å²) < 4.78 is 19.7. The quantitative estimate of drug-likeness (QED) is 0.759. The summed E-state index contributed by atoms with van der Waals surface area (Å²) in [5.74, 6) is 1.55. The van der Waals surface area contributed by atoms with E-state index in [-0.39, 0.29) is 5.82 Å². The van der Waals surface area contributed by atoms with E-state index in [9.17, 15) is 4.39 Å². The molecule has 2 heteroatoms. The summed E-state index contributed by atoms with van der Waals surface area (Å²) in [6.45, 7) is 2.56. The van der Waals surface area contributed by atoms with Crippen molar-refractivity contribution in [1.29, 1.82) is 0 Å². The summed E-state index contributed by atoms with van der Waals surface area (Å²) in [5.41, 5.74) is 1.98. The summed E-state index contributed by atoms with van der Waals surface area (Å²) in [4.78, 5) is 0. The first kappa shape index (κ1) is 11.1. The molecule has 0 atom stereocenters. The van der Waals surface area contributed by atoms with E-state index in [1.54, 1.807) is 0 Å². The van der Waals surface area contributed by atoms with Gasteiger partial charge < -0.3 is 4.74 Å². The summed E-state index contributed by atoms with van der Waals surface area (Å²) in [6.07, 6.45) is 6.18. The lowest BCUT2D eigenvalue weighted by atomic mass is 9.78. The van der Waals surface area contributed by atoms with Crippen molar-refractivity contribution in [2.24, 2.45) is 5.92 Å². The number of hydrogen-bond donors (Lipinski definition) is 0. The minimum absolute atomic E-state index is 0.143. The van der Waals surface area contributed by atoms with Gasteiger partial charge in [0.25, 0.3) is 0 Å². The van der Waals surface area contributed by atoms with Gasteiger partial charge in [0.05, 0.1) is 6.61 Å². The van der Waals surface area contributed by atoms with E-state index < -0.39 is 0 Å². The van der Waals surface area contributed by atoms with Crippen molar-refractivity contribution in [2.45, 2.75) is 44.9 Å². The standard InChI is InChI=1S/C15H19FO/c1-10-13(12-3-2-4-12)7-8-14(15(10)16)17-9-11-5-6-11/h7-8,11-12H,2-6,9H2,1H3. The SMILES string of the molecule is Cc1c(C2CCC2)ccc(OCC2CC2)c1F. The second-order valence-corrected chi connectivity index (χ2v) is 5.47. The highest BCUT2D eigenvalue weighted by Gasteiger charge is 2.25. The smallest absolute Gasteiger partial charge is 0.168 e. The Balaban J connectivity index is 1.77. The van der Waals surface area contributed by atoms with Crippen LogP contribution in [0.15, 0.2) is 12.1 Å². The average molecular weight is 234 g/mol. The minimum atomic E-state index is -0.143. The second-order valence-electron chi connectivity index (χ2n) is 5.47. The van der Waals surface area contributed by atoms with Gasteiger partial charge in [-0.1, -0.05) is 12.5 Å². The molecule has 0 heterocycles. The van der Waals surface area contributed by atoms with Gasteiger partial charge in [-0.05, 0) is 61.6 Å². The molecule has 2 aliphatic rings.